The van der Waals surface area contributed by atoms with Crippen LogP contribution >= 0.6 is 24.4 Å². The molecule has 0 aliphatic rings. The van der Waals surface area contributed by atoms with E-state index in [4.69, 9.17) is 17.5 Å². The first-order valence-electron chi connectivity index (χ1n) is 7.27. The lowest BCUT2D eigenvalue weighted by Crippen LogP contribution is -2.01. The summed E-state index contributed by atoms with van der Waals surface area (Å²) in [5, 5.41) is 13.6. The number of imidazole rings is 1. The van der Waals surface area contributed by atoms with Crippen molar-refractivity contribution in [2.24, 2.45) is 9.98 Å². The van der Waals surface area contributed by atoms with Crippen molar-refractivity contribution >= 4 is 57.2 Å². The second kappa shape index (κ2) is 7.67. The van der Waals surface area contributed by atoms with Crippen molar-refractivity contribution in [3.05, 3.63) is 36.5 Å². The molecule has 3 rings (SSSR count). The van der Waals surface area contributed by atoms with Gasteiger partial charge in [-0.25, -0.2) is 4.98 Å². The molecule has 3 aromatic rings. The molecule has 1 aromatic carbocycles. The first-order valence-corrected chi connectivity index (χ1v) is 8.08. The van der Waals surface area contributed by atoms with Crippen LogP contribution in [0.5, 0.6) is 0 Å². The van der Waals surface area contributed by atoms with E-state index in [-0.39, 0.29) is 0 Å². The predicted molar refractivity (Wildman–Crippen MR) is 103 cm³/mol. The second-order valence-corrected chi connectivity index (χ2v) is 5.31. The highest BCUT2D eigenvalue weighted by Gasteiger charge is 2.16. The van der Waals surface area contributed by atoms with E-state index in [1.54, 1.807) is 18.3 Å². The molecule has 0 N–H and O–H groups in total. The molecule has 25 heavy (non-hydrogen) atoms. The normalized spacial score (nSPS) is 9.88. The lowest BCUT2D eigenvalue weighted by molar-refractivity contribution is 0.742. The highest BCUT2D eigenvalue weighted by molar-refractivity contribution is 7.78. The minimum absolute atomic E-state index is 0.344. The lowest BCUT2D eigenvalue weighted by Gasteiger charge is -2.07. The zero-order chi connectivity index (χ0) is 17.6. The number of thiocarbonyl (C=S) groups is 2. The zero-order valence-corrected chi connectivity index (χ0v) is 14.5. The Morgan fingerprint density at radius 3 is 2.52 bits per heavy atom. The van der Waals surface area contributed by atoms with Gasteiger partial charge in [0.2, 0.25) is 0 Å². The van der Waals surface area contributed by atoms with Gasteiger partial charge in [0.15, 0.2) is 5.82 Å². The first-order chi connectivity index (χ1) is 12.3. The van der Waals surface area contributed by atoms with Gasteiger partial charge in [0, 0.05) is 12.7 Å². The van der Waals surface area contributed by atoms with E-state index in [2.05, 4.69) is 48.6 Å². The van der Waals surface area contributed by atoms with E-state index in [9.17, 15) is 0 Å². The zero-order valence-electron chi connectivity index (χ0n) is 12.9. The van der Waals surface area contributed by atoms with Crippen LogP contribution in [0.3, 0.4) is 0 Å². The smallest absolute Gasteiger partial charge is 0.159 e. The largest absolute Gasteiger partial charge is 0.322 e. The van der Waals surface area contributed by atoms with Crippen LogP contribution in [0.15, 0.2) is 46.5 Å². The Morgan fingerprint density at radius 2 is 1.88 bits per heavy atom. The van der Waals surface area contributed by atoms with E-state index in [0.29, 0.717) is 35.7 Å². The molecule has 0 spiro atoms. The summed E-state index contributed by atoms with van der Waals surface area (Å²) in [6.07, 6.45) is 2.05. The third-order valence-electron chi connectivity index (χ3n) is 3.52. The third kappa shape index (κ3) is 3.41. The number of aryl methyl sites for hydroxylation is 1. The summed E-state index contributed by atoms with van der Waals surface area (Å²) < 4.78 is 1.94. The van der Waals surface area contributed by atoms with Crippen LogP contribution in [0.1, 0.15) is 6.42 Å². The summed E-state index contributed by atoms with van der Waals surface area (Å²) >= 11 is 9.39. The number of isothiocyanates is 2. The van der Waals surface area contributed by atoms with Gasteiger partial charge in [0.1, 0.15) is 17.1 Å². The summed E-state index contributed by atoms with van der Waals surface area (Å²) in [6.45, 7) is 0.482. The Hall–Kier alpha value is -3.07. The van der Waals surface area contributed by atoms with Crippen molar-refractivity contribution < 1.29 is 0 Å². The number of nitrogens with zero attached hydrogens (tertiary/aromatic N) is 6. The highest BCUT2D eigenvalue weighted by Crippen LogP contribution is 2.34. The number of aliphatic imine (C=N–C) groups is 2. The number of pyridine rings is 1. The van der Waals surface area contributed by atoms with E-state index < -0.39 is 0 Å². The fraction of sp³-hybridized carbons (Fsp3) is 0.118. The maximum Gasteiger partial charge on any atom is 0.159 e. The molecule has 8 heteroatoms. The van der Waals surface area contributed by atoms with Crippen molar-refractivity contribution in [3.63, 3.8) is 0 Å². The molecule has 120 valence electrons. The van der Waals surface area contributed by atoms with Gasteiger partial charge < -0.3 is 4.57 Å². The SMILES string of the molecule is N#CCCn1c(-c2ccccn2)nc2cc(N=C=S)c(N=C=S)cc21. The fourth-order valence-electron chi connectivity index (χ4n) is 2.51. The van der Waals surface area contributed by atoms with Gasteiger partial charge in [-0.2, -0.15) is 15.2 Å². The van der Waals surface area contributed by atoms with Crippen LogP contribution in [0.25, 0.3) is 22.6 Å². The second-order valence-electron chi connectivity index (χ2n) is 4.95. The molecular weight excluding hydrogens is 352 g/mol. The molecule has 0 atom stereocenters. The number of hydrogen-bond donors (Lipinski definition) is 0. The van der Waals surface area contributed by atoms with Gasteiger partial charge in [-0.05, 0) is 48.7 Å². The summed E-state index contributed by atoms with van der Waals surface area (Å²) in [5.74, 6) is 0.673. The number of benzene rings is 1. The van der Waals surface area contributed by atoms with Gasteiger partial charge in [-0.3, -0.25) is 4.98 Å². The Labute approximate surface area is 154 Å². The standard InChI is InChI=1S/C17H10N6S2/c18-5-3-7-23-16-9-14(21-11-25)13(20-10-24)8-15(16)22-17(23)12-4-1-2-6-19-12/h1-2,4,6,8-9H,3,7H2. The Balaban J connectivity index is 2.31. The average molecular weight is 362 g/mol. The Kier molecular flexibility index (Phi) is 5.14. The molecule has 2 heterocycles. The number of rotatable bonds is 5. The van der Waals surface area contributed by atoms with Crippen molar-refractivity contribution in [1.82, 2.24) is 14.5 Å². The Bertz CT molecular complexity index is 1070. The van der Waals surface area contributed by atoms with Gasteiger partial charge in [0.25, 0.3) is 0 Å². The van der Waals surface area contributed by atoms with E-state index in [0.717, 1.165) is 11.2 Å². The molecule has 0 aliphatic carbocycles. The topological polar surface area (TPSA) is 79.2 Å². The molecule has 0 bridgehead atoms. The maximum atomic E-state index is 8.98. The van der Waals surface area contributed by atoms with Crippen molar-refractivity contribution in [1.29, 1.82) is 5.26 Å². The number of nitriles is 1. The molecule has 0 saturated carbocycles. The minimum Gasteiger partial charge on any atom is -0.322 e. The average Bonchev–Trinajstić information content (AvgIpc) is 2.99. The maximum absolute atomic E-state index is 8.98. The monoisotopic (exact) mass is 362 g/mol. The van der Waals surface area contributed by atoms with Crippen LogP contribution < -0.4 is 0 Å². The molecule has 6 nitrogen and oxygen atoms in total. The van der Waals surface area contributed by atoms with Crippen molar-refractivity contribution in [2.45, 2.75) is 13.0 Å². The summed E-state index contributed by atoms with van der Waals surface area (Å²) in [5.41, 5.74) is 3.26. The lowest BCUT2D eigenvalue weighted by atomic mass is 10.2. The van der Waals surface area contributed by atoms with Crippen LogP contribution in [0.4, 0.5) is 11.4 Å². The molecule has 0 aliphatic heterocycles. The van der Waals surface area contributed by atoms with Crippen LogP contribution in [-0.2, 0) is 6.54 Å². The molecule has 0 unspecified atom stereocenters. The minimum atomic E-state index is 0.344. The van der Waals surface area contributed by atoms with Crippen molar-refractivity contribution in [2.75, 3.05) is 0 Å². The molecule has 0 fully saturated rings. The molecular formula is C17H10N6S2. The Morgan fingerprint density at radius 1 is 1.12 bits per heavy atom. The van der Waals surface area contributed by atoms with Crippen LogP contribution in [-0.4, -0.2) is 24.9 Å². The van der Waals surface area contributed by atoms with Crippen LogP contribution in [0, 0.1) is 11.3 Å². The van der Waals surface area contributed by atoms with Gasteiger partial charge in [0.05, 0.1) is 33.8 Å². The number of fused-ring (bicyclic) bond motifs is 1. The molecule has 2 aromatic heterocycles. The molecule has 0 amide bonds. The summed E-state index contributed by atoms with van der Waals surface area (Å²) in [4.78, 5) is 17.1. The van der Waals surface area contributed by atoms with Gasteiger partial charge in [-0.1, -0.05) is 6.07 Å². The van der Waals surface area contributed by atoms with Crippen LogP contribution in [0.2, 0.25) is 0 Å². The fourth-order valence-corrected chi connectivity index (χ4v) is 2.70. The molecule has 0 saturated heterocycles. The third-order valence-corrected chi connectivity index (χ3v) is 3.70. The summed E-state index contributed by atoms with van der Waals surface area (Å²) in [6, 6.07) is 11.3. The quantitative estimate of drug-likeness (QED) is 0.494. The van der Waals surface area contributed by atoms with E-state index >= 15 is 0 Å². The van der Waals surface area contributed by atoms with Gasteiger partial charge in [-0.15, -0.1) is 0 Å². The van der Waals surface area contributed by atoms with Gasteiger partial charge >= 0.3 is 0 Å². The number of aromatic nitrogens is 3. The summed E-state index contributed by atoms with van der Waals surface area (Å²) in [7, 11) is 0. The molecule has 0 radical (unpaired) electrons. The first kappa shape index (κ1) is 16.8. The van der Waals surface area contributed by atoms with Crippen molar-refractivity contribution in [3.8, 4) is 17.6 Å². The van der Waals surface area contributed by atoms with E-state index in [1.807, 2.05) is 22.8 Å². The van der Waals surface area contributed by atoms with E-state index in [1.165, 1.54) is 0 Å². The number of hydrogen-bond acceptors (Lipinski definition) is 7. The predicted octanol–water partition coefficient (Wildman–Crippen LogP) is 4.48. The highest BCUT2D eigenvalue weighted by atomic mass is 32.1.